The summed E-state index contributed by atoms with van der Waals surface area (Å²) in [7, 11) is 2.06. The summed E-state index contributed by atoms with van der Waals surface area (Å²) in [6.45, 7) is 3.17. The lowest BCUT2D eigenvalue weighted by Gasteiger charge is -2.16. The molecule has 2 rings (SSSR count). The Morgan fingerprint density at radius 2 is 2.43 bits per heavy atom. The molecule has 1 aliphatic rings. The Morgan fingerprint density at radius 3 is 3.07 bits per heavy atom. The van der Waals surface area contributed by atoms with Crippen LogP contribution in [-0.2, 0) is 6.54 Å². The summed E-state index contributed by atoms with van der Waals surface area (Å²) in [4.78, 5) is 4.49. The average molecular weight is 193 g/mol. The van der Waals surface area contributed by atoms with Crippen molar-refractivity contribution in [2.24, 2.45) is 0 Å². The van der Waals surface area contributed by atoms with E-state index >= 15 is 0 Å². The number of rotatable bonds is 3. The predicted molar refractivity (Wildman–Crippen MR) is 57.3 cm³/mol. The number of hydrogen-bond acceptors (Lipinski definition) is 2. The highest BCUT2D eigenvalue weighted by Crippen LogP contribution is 2.33. The molecule has 1 N–H and O–H groups in total. The quantitative estimate of drug-likeness (QED) is 0.792. The van der Waals surface area contributed by atoms with Crippen LogP contribution in [0.25, 0.3) is 0 Å². The molecule has 1 fully saturated rings. The third kappa shape index (κ3) is 1.69. The largest absolute Gasteiger partial charge is 0.337 e. The standard InChI is InChI=1S/C11H19N3/c1-3-14-7-11(13-8-14)9-5-4-6-10(9)12-2/h7-10,12H,3-6H2,1-2H3. The first kappa shape index (κ1) is 9.71. The van der Waals surface area contributed by atoms with Crippen LogP contribution in [0.1, 0.15) is 37.8 Å². The Kier molecular flexibility index (Phi) is 2.87. The molecule has 3 heteroatoms. The fraction of sp³-hybridized carbons (Fsp3) is 0.727. The number of imidazole rings is 1. The highest BCUT2D eigenvalue weighted by atomic mass is 15.0. The van der Waals surface area contributed by atoms with E-state index in [2.05, 4.69) is 35.0 Å². The first-order valence-electron chi connectivity index (χ1n) is 5.54. The molecular weight excluding hydrogens is 174 g/mol. The van der Waals surface area contributed by atoms with Crippen molar-refractivity contribution in [1.82, 2.24) is 14.9 Å². The van der Waals surface area contributed by atoms with Gasteiger partial charge in [0.05, 0.1) is 12.0 Å². The fourth-order valence-electron chi connectivity index (χ4n) is 2.40. The van der Waals surface area contributed by atoms with E-state index in [0.717, 1.165) is 6.54 Å². The molecule has 0 bridgehead atoms. The molecule has 2 unspecified atom stereocenters. The molecule has 78 valence electrons. The third-order valence-corrected chi connectivity index (χ3v) is 3.29. The monoisotopic (exact) mass is 193 g/mol. The van der Waals surface area contributed by atoms with Gasteiger partial charge in [-0.15, -0.1) is 0 Å². The van der Waals surface area contributed by atoms with Crippen LogP contribution < -0.4 is 5.32 Å². The van der Waals surface area contributed by atoms with Crippen molar-refractivity contribution in [2.45, 2.75) is 44.7 Å². The molecule has 0 aromatic carbocycles. The maximum Gasteiger partial charge on any atom is 0.0949 e. The van der Waals surface area contributed by atoms with E-state index in [1.807, 2.05) is 6.33 Å². The second-order valence-corrected chi connectivity index (χ2v) is 4.06. The van der Waals surface area contributed by atoms with Gasteiger partial charge in [-0.1, -0.05) is 6.42 Å². The van der Waals surface area contributed by atoms with Crippen LogP contribution in [0.2, 0.25) is 0 Å². The molecule has 0 aliphatic heterocycles. The first-order chi connectivity index (χ1) is 6.85. The summed E-state index contributed by atoms with van der Waals surface area (Å²) in [5.74, 6) is 0.632. The zero-order chi connectivity index (χ0) is 9.97. The summed E-state index contributed by atoms with van der Waals surface area (Å²) in [6.07, 6.45) is 8.04. The molecule has 0 spiro atoms. The van der Waals surface area contributed by atoms with Crippen LogP contribution in [-0.4, -0.2) is 22.6 Å². The van der Waals surface area contributed by atoms with Gasteiger partial charge in [0.25, 0.3) is 0 Å². The number of nitrogens with one attached hydrogen (secondary N) is 1. The Morgan fingerprint density at radius 1 is 1.57 bits per heavy atom. The van der Waals surface area contributed by atoms with E-state index in [1.165, 1.54) is 25.0 Å². The van der Waals surface area contributed by atoms with E-state index in [9.17, 15) is 0 Å². The second-order valence-electron chi connectivity index (χ2n) is 4.06. The lowest BCUT2D eigenvalue weighted by molar-refractivity contribution is 0.514. The second kappa shape index (κ2) is 4.13. The van der Waals surface area contributed by atoms with Gasteiger partial charge in [-0.05, 0) is 26.8 Å². The number of aromatic nitrogens is 2. The van der Waals surface area contributed by atoms with Gasteiger partial charge in [-0.3, -0.25) is 0 Å². The van der Waals surface area contributed by atoms with E-state index in [-0.39, 0.29) is 0 Å². The Labute approximate surface area is 85.5 Å². The molecule has 1 aromatic heterocycles. The van der Waals surface area contributed by atoms with Crippen molar-refractivity contribution in [3.63, 3.8) is 0 Å². The topological polar surface area (TPSA) is 29.9 Å². The molecule has 0 radical (unpaired) electrons. The van der Waals surface area contributed by atoms with Crippen molar-refractivity contribution in [2.75, 3.05) is 7.05 Å². The average Bonchev–Trinajstić information content (AvgIpc) is 2.85. The number of aryl methyl sites for hydroxylation is 1. The van der Waals surface area contributed by atoms with E-state index in [4.69, 9.17) is 0 Å². The van der Waals surface area contributed by atoms with Crippen molar-refractivity contribution in [3.05, 3.63) is 18.2 Å². The summed E-state index contributed by atoms with van der Waals surface area (Å²) < 4.78 is 2.15. The van der Waals surface area contributed by atoms with Gasteiger partial charge in [0.15, 0.2) is 0 Å². The molecule has 2 atom stereocenters. The molecule has 0 amide bonds. The highest BCUT2D eigenvalue weighted by molar-refractivity contribution is 5.11. The van der Waals surface area contributed by atoms with E-state index in [1.54, 1.807) is 0 Å². The fourth-order valence-corrected chi connectivity index (χ4v) is 2.40. The summed E-state index contributed by atoms with van der Waals surface area (Å²) >= 11 is 0. The van der Waals surface area contributed by atoms with Crippen LogP contribution >= 0.6 is 0 Å². The normalized spacial score (nSPS) is 27.0. The van der Waals surface area contributed by atoms with Crippen molar-refractivity contribution >= 4 is 0 Å². The van der Waals surface area contributed by atoms with Crippen molar-refractivity contribution < 1.29 is 0 Å². The van der Waals surface area contributed by atoms with Crippen molar-refractivity contribution in [1.29, 1.82) is 0 Å². The zero-order valence-corrected chi connectivity index (χ0v) is 9.03. The minimum atomic E-state index is 0.632. The molecule has 14 heavy (non-hydrogen) atoms. The lowest BCUT2D eigenvalue weighted by atomic mass is 10.0. The predicted octanol–water partition coefficient (Wildman–Crippen LogP) is 1.76. The maximum atomic E-state index is 4.49. The molecule has 0 saturated heterocycles. The van der Waals surface area contributed by atoms with Gasteiger partial charge in [0, 0.05) is 24.7 Å². The number of hydrogen-bond donors (Lipinski definition) is 1. The Bertz CT molecular complexity index is 292. The maximum absolute atomic E-state index is 4.49. The van der Waals surface area contributed by atoms with Gasteiger partial charge >= 0.3 is 0 Å². The highest BCUT2D eigenvalue weighted by Gasteiger charge is 2.28. The lowest BCUT2D eigenvalue weighted by Crippen LogP contribution is -2.27. The van der Waals surface area contributed by atoms with Gasteiger partial charge < -0.3 is 9.88 Å². The third-order valence-electron chi connectivity index (χ3n) is 3.29. The van der Waals surface area contributed by atoms with Crippen LogP contribution in [0.5, 0.6) is 0 Å². The van der Waals surface area contributed by atoms with Gasteiger partial charge in [0.2, 0.25) is 0 Å². The van der Waals surface area contributed by atoms with Crippen LogP contribution in [0.4, 0.5) is 0 Å². The SMILES string of the molecule is CCn1cnc(C2CCCC2NC)c1. The molecular formula is C11H19N3. The van der Waals surface area contributed by atoms with Crippen molar-refractivity contribution in [3.8, 4) is 0 Å². The van der Waals surface area contributed by atoms with Gasteiger partial charge in [-0.25, -0.2) is 4.98 Å². The molecule has 1 aliphatic carbocycles. The summed E-state index contributed by atoms with van der Waals surface area (Å²) in [5, 5.41) is 3.39. The van der Waals surface area contributed by atoms with Crippen LogP contribution in [0.3, 0.4) is 0 Å². The minimum Gasteiger partial charge on any atom is -0.337 e. The smallest absolute Gasteiger partial charge is 0.0949 e. The van der Waals surface area contributed by atoms with E-state index in [0.29, 0.717) is 12.0 Å². The minimum absolute atomic E-state index is 0.632. The van der Waals surface area contributed by atoms with Gasteiger partial charge in [-0.2, -0.15) is 0 Å². The summed E-state index contributed by atoms with van der Waals surface area (Å²) in [5.41, 5.74) is 1.27. The molecule has 3 nitrogen and oxygen atoms in total. The van der Waals surface area contributed by atoms with E-state index < -0.39 is 0 Å². The number of nitrogens with zero attached hydrogens (tertiary/aromatic N) is 2. The van der Waals surface area contributed by atoms with Crippen LogP contribution in [0, 0.1) is 0 Å². The van der Waals surface area contributed by atoms with Gasteiger partial charge in [0.1, 0.15) is 0 Å². The number of likely N-dealkylation sites (N-methyl/N-ethyl adjacent to an activating group) is 1. The zero-order valence-electron chi connectivity index (χ0n) is 9.03. The summed E-state index contributed by atoms with van der Waals surface area (Å²) in [6, 6.07) is 0.634. The molecule has 1 aromatic rings. The Balaban J connectivity index is 2.13. The molecule has 1 heterocycles. The van der Waals surface area contributed by atoms with Crippen LogP contribution in [0.15, 0.2) is 12.5 Å². The Hall–Kier alpha value is -0.830. The molecule has 1 saturated carbocycles. The first-order valence-corrected chi connectivity index (χ1v) is 5.54.